The molecule has 1 atom stereocenters. The van der Waals surface area contributed by atoms with Crippen LogP contribution in [0.4, 0.5) is 0 Å². The van der Waals surface area contributed by atoms with Gasteiger partial charge in [-0.2, -0.15) is 9.97 Å². The van der Waals surface area contributed by atoms with Gasteiger partial charge in [0, 0.05) is 23.7 Å². The fourth-order valence-corrected chi connectivity index (χ4v) is 3.37. The first kappa shape index (κ1) is 19.1. The number of benzene rings is 1. The van der Waals surface area contributed by atoms with E-state index in [2.05, 4.69) is 27.1 Å². The monoisotopic (exact) mass is 370 g/mol. The Labute approximate surface area is 159 Å². The molecule has 7 nitrogen and oxygen atoms in total. The van der Waals surface area contributed by atoms with Gasteiger partial charge in [0.2, 0.25) is 11.8 Å². The highest BCUT2D eigenvalue weighted by molar-refractivity contribution is 5.94. The van der Waals surface area contributed by atoms with Crippen molar-refractivity contribution < 1.29 is 14.3 Å². The van der Waals surface area contributed by atoms with Crippen molar-refractivity contribution in [1.82, 2.24) is 20.2 Å². The molecule has 1 aliphatic rings. The van der Waals surface area contributed by atoms with Gasteiger partial charge in [0.05, 0.1) is 20.3 Å². The van der Waals surface area contributed by atoms with Crippen LogP contribution in [0.25, 0.3) is 11.4 Å². The van der Waals surface area contributed by atoms with E-state index in [1.165, 1.54) is 6.42 Å². The Kier molecular flexibility index (Phi) is 6.24. The molecule has 1 amide bonds. The molecule has 0 bridgehead atoms. The van der Waals surface area contributed by atoms with E-state index in [-0.39, 0.29) is 5.91 Å². The van der Waals surface area contributed by atoms with Crippen molar-refractivity contribution >= 4 is 5.91 Å². The smallest absolute Gasteiger partial charge is 0.251 e. The molecule has 1 aromatic carbocycles. The topological polar surface area (TPSA) is 76.6 Å². The minimum absolute atomic E-state index is 0.0614. The molecule has 1 unspecified atom stereocenters. The molecule has 7 heteroatoms. The van der Waals surface area contributed by atoms with Crippen molar-refractivity contribution in [2.45, 2.75) is 25.8 Å². The maximum Gasteiger partial charge on any atom is 0.251 e. The number of carbonyl (C=O) groups excluding carboxylic acids is 1. The normalized spacial score (nSPS) is 16.9. The Hall–Kier alpha value is -2.67. The van der Waals surface area contributed by atoms with Gasteiger partial charge in [0.1, 0.15) is 0 Å². The van der Waals surface area contributed by atoms with Gasteiger partial charge in [-0.1, -0.05) is 19.1 Å². The lowest BCUT2D eigenvalue weighted by Gasteiger charge is -2.22. The predicted octanol–water partition coefficient (Wildman–Crippen LogP) is 2.37. The largest absolute Gasteiger partial charge is 0.481 e. The molecule has 2 heterocycles. The van der Waals surface area contributed by atoms with Crippen LogP contribution in [-0.2, 0) is 0 Å². The Morgan fingerprint density at radius 3 is 2.44 bits per heavy atom. The minimum atomic E-state index is -0.0614. The number of hydrogen-bond acceptors (Lipinski definition) is 6. The average molecular weight is 370 g/mol. The van der Waals surface area contributed by atoms with E-state index < -0.39 is 0 Å². The van der Waals surface area contributed by atoms with Crippen molar-refractivity contribution in [2.24, 2.45) is 0 Å². The SMILES string of the molecule is CCN1CCCC1CNC(=O)c1ccc(-c2nc(OC)cc(OC)n2)cc1. The second kappa shape index (κ2) is 8.81. The predicted molar refractivity (Wildman–Crippen MR) is 103 cm³/mol. The lowest BCUT2D eigenvalue weighted by atomic mass is 10.1. The number of likely N-dealkylation sites (tertiary alicyclic amines) is 1. The fraction of sp³-hybridized carbons (Fsp3) is 0.450. The molecule has 144 valence electrons. The molecular weight excluding hydrogens is 344 g/mol. The highest BCUT2D eigenvalue weighted by atomic mass is 16.5. The molecule has 27 heavy (non-hydrogen) atoms. The zero-order valence-corrected chi connectivity index (χ0v) is 16.1. The maximum absolute atomic E-state index is 12.4. The lowest BCUT2D eigenvalue weighted by molar-refractivity contribution is 0.0941. The second-order valence-electron chi connectivity index (χ2n) is 6.49. The van der Waals surface area contributed by atoms with E-state index in [1.54, 1.807) is 32.4 Å². The number of rotatable bonds is 7. The molecular formula is C20H26N4O3. The Morgan fingerprint density at radius 2 is 1.85 bits per heavy atom. The third-order valence-corrected chi connectivity index (χ3v) is 4.91. The number of ether oxygens (including phenoxy) is 2. The van der Waals surface area contributed by atoms with E-state index in [9.17, 15) is 4.79 Å². The number of carbonyl (C=O) groups is 1. The summed E-state index contributed by atoms with van der Waals surface area (Å²) in [5.74, 6) is 1.28. The number of nitrogens with one attached hydrogen (secondary N) is 1. The van der Waals surface area contributed by atoms with Crippen molar-refractivity contribution in [2.75, 3.05) is 33.9 Å². The number of amides is 1. The van der Waals surface area contributed by atoms with Gasteiger partial charge < -0.3 is 14.8 Å². The molecule has 3 rings (SSSR count). The van der Waals surface area contributed by atoms with Gasteiger partial charge in [0.25, 0.3) is 5.91 Å². The van der Waals surface area contributed by atoms with Crippen LogP contribution < -0.4 is 14.8 Å². The second-order valence-corrected chi connectivity index (χ2v) is 6.49. The van der Waals surface area contributed by atoms with Gasteiger partial charge >= 0.3 is 0 Å². The number of likely N-dealkylation sites (N-methyl/N-ethyl adjacent to an activating group) is 1. The molecule has 1 N–H and O–H groups in total. The Morgan fingerprint density at radius 1 is 1.19 bits per heavy atom. The van der Waals surface area contributed by atoms with Crippen molar-refractivity contribution in [1.29, 1.82) is 0 Å². The van der Waals surface area contributed by atoms with Gasteiger partial charge in [-0.05, 0) is 38.1 Å². The summed E-state index contributed by atoms with van der Waals surface area (Å²) in [7, 11) is 3.09. The van der Waals surface area contributed by atoms with Gasteiger partial charge in [-0.25, -0.2) is 0 Å². The van der Waals surface area contributed by atoms with Gasteiger partial charge in [-0.15, -0.1) is 0 Å². The fourth-order valence-electron chi connectivity index (χ4n) is 3.37. The highest BCUT2D eigenvalue weighted by Gasteiger charge is 2.23. The summed E-state index contributed by atoms with van der Waals surface area (Å²) in [5, 5.41) is 3.05. The molecule has 1 fully saturated rings. The zero-order chi connectivity index (χ0) is 19.2. The van der Waals surface area contributed by atoms with Crippen LogP contribution in [0.2, 0.25) is 0 Å². The van der Waals surface area contributed by atoms with Crippen LogP contribution in [0.1, 0.15) is 30.1 Å². The summed E-state index contributed by atoms with van der Waals surface area (Å²) < 4.78 is 10.4. The third kappa shape index (κ3) is 4.54. The van der Waals surface area contributed by atoms with Gasteiger partial charge in [0.15, 0.2) is 5.82 Å². The zero-order valence-electron chi connectivity index (χ0n) is 16.1. The van der Waals surface area contributed by atoms with Gasteiger partial charge in [-0.3, -0.25) is 9.69 Å². The summed E-state index contributed by atoms with van der Waals surface area (Å²) >= 11 is 0. The van der Waals surface area contributed by atoms with Crippen LogP contribution in [0.5, 0.6) is 11.8 Å². The van der Waals surface area contributed by atoms with Crippen LogP contribution in [0.3, 0.4) is 0 Å². The number of nitrogens with zero attached hydrogens (tertiary/aromatic N) is 3. The molecule has 2 aromatic rings. The average Bonchev–Trinajstić information content (AvgIpc) is 3.19. The van der Waals surface area contributed by atoms with E-state index in [0.29, 0.717) is 35.7 Å². The molecule has 1 aromatic heterocycles. The lowest BCUT2D eigenvalue weighted by Crippen LogP contribution is -2.40. The van der Waals surface area contributed by atoms with Crippen LogP contribution in [-0.4, -0.2) is 60.7 Å². The van der Waals surface area contributed by atoms with Crippen LogP contribution >= 0.6 is 0 Å². The van der Waals surface area contributed by atoms with Crippen molar-refractivity contribution in [3.8, 4) is 23.1 Å². The highest BCUT2D eigenvalue weighted by Crippen LogP contribution is 2.23. The standard InChI is InChI=1S/C20H26N4O3/c1-4-24-11-5-6-16(24)13-21-20(25)15-9-7-14(8-10-15)19-22-17(26-2)12-18(23-19)27-3/h7-10,12,16H,4-6,11,13H2,1-3H3,(H,21,25). The Bertz CT molecular complexity index is 757. The molecule has 0 spiro atoms. The van der Waals surface area contributed by atoms with Crippen molar-refractivity contribution in [3.63, 3.8) is 0 Å². The first-order valence-corrected chi connectivity index (χ1v) is 9.24. The summed E-state index contributed by atoms with van der Waals surface area (Å²) in [5.41, 5.74) is 1.41. The third-order valence-electron chi connectivity index (χ3n) is 4.91. The number of aromatic nitrogens is 2. The molecule has 0 aliphatic carbocycles. The van der Waals surface area contributed by atoms with E-state index >= 15 is 0 Å². The first-order chi connectivity index (χ1) is 13.1. The maximum atomic E-state index is 12.4. The summed E-state index contributed by atoms with van der Waals surface area (Å²) in [4.78, 5) is 23.5. The minimum Gasteiger partial charge on any atom is -0.481 e. The number of hydrogen-bond donors (Lipinski definition) is 1. The summed E-state index contributed by atoms with van der Waals surface area (Å²) in [6.45, 7) is 4.99. The first-order valence-electron chi connectivity index (χ1n) is 9.24. The molecule has 0 radical (unpaired) electrons. The van der Waals surface area contributed by atoms with Crippen LogP contribution in [0.15, 0.2) is 30.3 Å². The number of methoxy groups -OCH3 is 2. The van der Waals surface area contributed by atoms with E-state index in [1.807, 2.05) is 12.1 Å². The summed E-state index contributed by atoms with van der Waals surface area (Å²) in [6, 6.07) is 9.29. The quantitative estimate of drug-likeness (QED) is 0.806. The molecule has 1 saturated heterocycles. The van der Waals surface area contributed by atoms with E-state index in [0.717, 1.165) is 25.1 Å². The Balaban J connectivity index is 1.67. The van der Waals surface area contributed by atoms with E-state index in [4.69, 9.17) is 9.47 Å². The van der Waals surface area contributed by atoms with Crippen molar-refractivity contribution in [3.05, 3.63) is 35.9 Å². The summed E-state index contributed by atoms with van der Waals surface area (Å²) in [6.07, 6.45) is 2.34. The molecule has 1 aliphatic heterocycles. The molecule has 0 saturated carbocycles. The van der Waals surface area contributed by atoms with Crippen LogP contribution in [0, 0.1) is 0 Å².